The van der Waals surface area contributed by atoms with Gasteiger partial charge < -0.3 is 9.42 Å². The van der Waals surface area contributed by atoms with Gasteiger partial charge in [0.2, 0.25) is 0 Å². The van der Waals surface area contributed by atoms with Crippen LogP contribution in [0.25, 0.3) is 11.3 Å². The van der Waals surface area contributed by atoms with Gasteiger partial charge in [-0.05, 0) is 29.8 Å². The number of aromatic nitrogens is 1. The van der Waals surface area contributed by atoms with Gasteiger partial charge in [0.25, 0.3) is 5.91 Å². The van der Waals surface area contributed by atoms with Gasteiger partial charge in [-0.15, -0.1) is 6.58 Å². The highest BCUT2D eigenvalue weighted by Crippen LogP contribution is 2.24. The molecule has 0 radical (unpaired) electrons. The Morgan fingerprint density at radius 3 is 2.70 bits per heavy atom. The van der Waals surface area contributed by atoms with Crippen molar-refractivity contribution in [3.63, 3.8) is 0 Å². The van der Waals surface area contributed by atoms with Gasteiger partial charge in [-0.3, -0.25) is 4.79 Å². The lowest BCUT2D eigenvalue weighted by atomic mass is 10.1. The molecule has 0 spiro atoms. The molecule has 0 saturated carbocycles. The van der Waals surface area contributed by atoms with Crippen molar-refractivity contribution in [1.82, 2.24) is 10.1 Å². The fourth-order valence-corrected chi connectivity index (χ4v) is 2.79. The number of rotatable bonds is 6. The Labute approximate surface area is 162 Å². The van der Waals surface area contributed by atoms with Crippen LogP contribution in [0.2, 0.25) is 5.02 Å². The van der Waals surface area contributed by atoms with E-state index in [-0.39, 0.29) is 11.6 Å². The normalized spacial score (nSPS) is 10.2. The monoisotopic (exact) mass is 377 g/mol. The zero-order chi connectivity index (χ0) is 19.2. The summed E-state index contributed by atoms with van der Waals surface area (Å²) in [6.45, 7) is 4.44. The van der Waals surface area contributed by atoms with Crippen molar-refractivity contribution in [3.8, 4) is 17.4 Å². The highest BCUT2D eigenvalue weighted by atomic mass is 35.5. The molecule has 1 heterocycles. The van der Waals surface area contributed by atoms with Crippen molar-refractivity contribution in [3.05, 3.63) is 89.1 Å². The number of halogens is 1. The van der Waals surface area contributed by atoms with Gasteiger partial charge in [0, 0.05) is 29.7 Å². The molecule has 1 aromatic heterocycles. The number of amides is 1. The maximum Gasteiger partial charge on any atom is 0.276 e. The van der Waals surface area contributed by atoms with E-state index in [2.05, 4.69) is 17.8 Å². The molecule has 5 nitrogen and oxygen atoms in total. The van der Waals surface area contributed by atoms with E-state index < -0.39 is 0 Å². The lowest BCUT2D eigenvalue weighted by Gasteiger charge is -2.20. The van der Waals surface area contributed by atoms with Crippen LogP contribution in [0.4, 0.5) is 0 Å². The Morgan fingerprint density at radius 2 is 2.04 bits per heavy atom. The standard InChI is InChI=1S/C21H16ClN3O2/c1-2-10-25(14-16-8-6-15(13-23)7-9-16)21(26)19-12-20(27-24-19)17-4-3-5-18(22)11-17/h2-9,11-12H,1,10,14H2. The molecule has 1 amide bonds. The van der Waals surface area contributed by atoms with E-state index >= 15 is 0 Å². The summed E-state index contributed by atoms with van der Waals surface area (Å²) in [5.41, 5.74) is 2.43. The van der Waals surface area contributed by atoms with Crippen molar-refractivity contribution in [2.75, 3.05) is 6.54 Å². The Balaban J connectivity index is 1.80. The molecular weight excluding hydrogens is 362 g/mol. The van der Waals surface area contributed by atoms with Gasteiger partial charge in [-0.2, -0.15) is 5.26 Å². The van der Waals surface area contributed by atoms with Gasteiger partial charge in [-0.1, -0.05) is 47.1 Å². The number of carbonyl (C=O) groups excluding carboxylic acids is 1. The molecule has 3 rings (SSSR count). The number of benzene rings is 2. The van der Waals surface area contributed by atoms with E-state index in [9.17, 15) is 4.79 Å². The molecule has 27 heavy (non-hydrogen) atoms. The Kier molecular flexibility index (Phi) is 5.70. The van der Waals surface area contributed by atoms with E-state index in [0.29, 0.717) is 29.4 Å². The molecule has 0 bridgehead atoms. The Hall–Kier alpha value is -3.36. The molecule has 0 fully saturated rings. The summed E-state index contributed by atoms with van der Waals surface area (Å²) >= 11 is 6.00. The topological polar surface area (TPSA) is 70.1 Å². The fraction of sp³-hybridized carbons (Fsp3) is 0.0952. The van der Waals surface area contributed by atoms with Crippen LogP contribution in [0.1, 0.15) is 21.6 Å². The number of carbonyl (C=O) groups is 1. The van der Waals surface area contributed by atoms with Crippen molar-refractivity contribution < 1.29 is 9.32 Å². The number of nitrogens with zero attached hydrogens (tertiary/aromatic N) is 3. The van der Waals surface area contributed by atoms with E-state index in [1.54, 1.807) is 47.4 Å². The highest BCUT2D eigenvalue weighted by Gasteiger charge is 2.20. The van der Waals surface area contributed by atoms with Crippen LogP contribution < -0.4 is 0 Å². The van der Waals surface area contributed by atoms with Crippen molar-refractivity contribution in [2.24, 2.45) is 0 Å². The van der Waals surface area contributed by atoms with Gasteiger partial charge >= 0.3 is 0 Å². The van der Waals surface area contributed by atoms with Crippen LogP contribution in [0.5, 0.6) is 0 Å². The third-order valence-corrected chi connectivity index (χ3v) is 4.17. The van der Waals surface area contributed by atoms with Crippen molar-refractivity contribution in [2.45, 2.75) is 6.54 Å². The number of hydrogen-bond acceptors (Lipinski definition) is 4. The first kappa shape index (κ1) is 18.4. The number of nitriles is 1. The van der Waals surface area contributed by atoms with Crippen LogP contribution in [-0.2, 0) is 6.54 Å². The summed E-state index contributed by atoms with van der Waals surface area (Å²) < 4.78 is 5.32. The summed E-state index contributed by atoms with van der Waals surface area (Å²) in [6, 6.07) is 17.9. The second-order valence-corrected chi connectivity index (χ2v) is 6.31. The molecule has 6 heteroatoms. The summed E-state index contributed by atoms with van der Waals surface area (Å²) in [5, 5.41) is 13.4. The maximum atomic E-state index is 12.9. The molecule has 3 aromatic rings. The first-order valence-corrected chi connectivity index (χ1v) is 8.60. The average Bonchev–Trinajstić information content (AvgIpc) is 3.18. The molecule has 0 unspecified atom stereocenters. The highest BCUT2D eigenvalue weighted by molar-refractivity contribution is 6.30. The molecule has 0 aliphatic heterocycles. The summed E-state index contributed by atoms with van der Waals surface area (Å²) in [5.74, 6) is 0.203. The minimum Gasteiger partial charge on any atom is -0.355 e. The lowest BCUT2D eigenvalue weighted by molar-refractivity contribution is 0.0752. The largest absolute Gasteiger partial charge is 0.355 e. The molecular formula is C21H16ClN3O2. The SMILES string of the molecule is C=CCN(Cc1ccc(C#N)cc1)C(=O)c1cc(-c2cccc(Cl)c2)on1. The third kappa shape index (κ3) is 4.43. The summed E-state index contributed by atoms with van der Waals surface area (Å²) in [7, 11) is 0. The number of hydrogen-bond donors (Lipinski definition) is 0. The smallest absolute Gasteiger partial charge is 0.276 e. The second kappa shape index (κ2) is 8.35. The molecule has 0 atom stereocenters. The Morgan fingerprint density at radius 1 is 1.26 bits per heavy atom. The maximum absolute atomic E-state index is 12.9. The third-order valence-electron chi connectivity index (χ3n) is 3.93. The second-order valence-electron chi connectivity index (χ2n) is 5.87. The van der Waals surface area contributed by atoms with E-state index in [1.165, 1.54) is 0 Å². The average molecular weight is 378 g/mol. The van der Waals surface area contributed by atoms with Crippen molar-refractivity contribution in [1.29, 1.82) is 5.26 Å². The minimum atomic E-state index is -0.267. The van der Waals surface area contributed by atoms with Crippen LogP contribution in [0.3, 0.4) is 0 Å². The van der Waals surface area contributed by atoms with Gasteiger partial charge in [0.15, 0.2) is 11.5 Å². The molecule has 134 valence electrons. The van der Waals surface area contributed by atoms with Crippen LogP contribution in [0.15, 0.2) is 71.8 Å². The van der Waals surface area contributed by atoms with Gasteiger partial charge in [0.1, 0.15) is 0 Å². The molecule has 2 aromatic carbocycles. The van der Waals surface area contributed by atoms with E-state index in [4.69, 9.17) is 21.4 Å². The van der Waals surface area contributed by atoms with Crippen molar-refractivity contribution >= 4 is 17.5 Å². The molecule has 0 N–H and O–H groups in total. The minimum absolute atomic E-state index is 0.209. The first-order valence-electron chi connectivity index (χ1n) is 8.22. The zero-order valence-electron chi connectivity index (χ0n) is 14.4. The van der Waals surface area contributed by atoms with Gasteiger partial charge in [0.05, 0.1) is 11.6 Å². The van der Waals surface area contributed by atoms with Gasteiger partial charge in [-0.25, -0.2) is 0 Å². The Bertz CT molecular complexity index is 1000. The first-order chi connectivity index (χ1) is 13.1. The molecule has 0 saturated heterocycles. The van der Waals surface area contributed by atoms with E-state index in [1.807, 2.05) is 18.2 Å². The van der Waals surface area contributed by atoms with Crippen LogP contribution in [0, 0.1) is 11.3 Å². The van der Waals surface area contributed by atoms with Crippen LogP contribution in [-0.4, -0.2) is 22.5 Å². The predicted molar refractivity (Wildman–Crippen MR) is 103 cm³/mol. The summed E-state index contributed by atoms with van der Waals surface area (Å²) in [4.78, 5) is 14.5. The summed E-state index contributed by atoms with van der Waals surface area (Å²) in [6.07, 6.45) is 1.65. The van der Waals surface area contributed by atoms with E-state index in [0.717, 1.165) is 11.1 Å². The zero-order valence-corrected chi connectivity index (χ0v) is 15.2. The fourth-order valence-electron chi connectivity index (χ4n) is 2.60. The quantitative estimate of drug-likeness (QED) is 0.584. The lowest BCUT2D eigenvalue weighted by Crippen LogP contribution is -2.30. The molecule has 0 aliphatic carbocycles. The predicted octanol–water partition coefficient (Wildman–Crippen LogP) is 4.70. The van der Waals surface area contributed by atoms with Crippen LogP contribution >= 0.6 is 11.6 Å². The molecule has 0 aliphatic rings.